The van der Waals surface area contributed by atoms with Gasteiger partial charge in [0, 0.05) is 0 Å². The number of carbonyl (C=O) groups excluding carboxylic acids is 3. The number of amides is 4. The van der Waals surface area contributed by atoms with Crippen LogP contribution < -0.4 is 10.6 Å². The standard InChI is InChI=1S/C21H22ClN3O3/c1-3-6-14-9-11-15(12-10-14)21(2)19(27)25(20(28)24-21)13-18(26)23-17-8-5-4-7-16(17)22/h4-5,7-12H,3,6,13H2,1-2H3,(H,23,26)(H,24,28). The molecule has 1 aliphatic heterocycles. The highest BCUT2D eigenvalue weighted by Gasteiger charge is 2.49. The van der Waals surface area contributed by atoms with Gasteiger partial charge in [0.25, 0.3) is 5.91 Å². The highest BCUT2D eigenvalue weighted by molar-refractivity contribution is 6.33. The Morgan fingerprint density at radius 2 is 1.82 bits per heavy atom. The van der Waals surface area contributed by atoms with Crippen molar-refractivity contribution < 1.29 is 14.4 Å². The third kappa shape index (κ3) is 3.87. The second kappa shape index (κ2) is 8.02. The van der Waals surface area contributed by atoms with Gasteiger partial charge >= 0.3 is 6.03 Å². The Balaban J connectivity index is 1.73. The zero-order valence-corrected chi connectivity index (χ0v) is 16.5. The Kier molecular flexibility index (Phi) is 5.70. The summed E-state index contributed by atoms with van der Waals surface area (Å²) in [6.45, 7) is 3.36. The summed E-state index contributed by atoms with van der Waals surface area (Å²) in [5, 5.41) is 5.71. The summed E-state index contributed by atoms with van der Waals surface area (Å²) in [6, 6.07) is 13.8. The number of urea groups is 1. The predicted molar refractivity (Wildman–Crippen MR) is 108 cm³/mol. The molecule has 0 saturated carbocycles. The fourth-order valence-electron chi connectivity index (χ4n) is 3.23. The molecule has 0 aliphatic carbocycles. The third-order valence-corrected chi connectivity index (χ3v) is 5.12. The molecule has 1 aliphatic rings. The van der Waals surface area contributed by atoms with Crippen LogP contribution in [0.2, 0.25) is 5.02 Å². The Morgan fingerprint density at radius 1 is 1.14 bits per heavy atom. The van der Waals surface area contributed by atoms with Crippen LogP contribution in [-0.2, 0) is 21.5 Å². The van der Waals surface area contributed by atoms with E-state index in [2.05, 4.69) is 17.6 Å². The molecule has 0 spiro atoms. The molecule has 0 aromatic heterocycles. The van der Waals surface area contributed by atoms with Crippen LogP contribution in [0, 0.1) is 0 Å². The lowest BCUT2D eigenvalue weighted by molar-refractivity contribution is -0.133. The summed E-state index contributed by atoms with van der Waals surface area (Å²) in [6.07, 6.45) is 1.98. The molecule has 1 fully saturated rings. The summed E-state index contributed by atoms with van der Waals surface area (Å²) < 4.78 is 0. The minimum Gasteiger partial charge on any atom is -0.323 e. The molecule has 146 valence electrons. The monoisotopic (exact) mass is 399 g/mol. The van der Waals surface area contributed by atoms with Crippen LogP contribution in [0.25, 0.3) is 0 Å². The van der Waals surface area contributed by atoms with Crippen molar-refractivity contribution in [3.05, 3.63) is 64.7 Å². The molecule has 1 unspecified atom stereocenters. The molecule has 4 amide bonds. The number of hydrogen-bond donors (Lipinski definition) is 2. The minimum atomic E-state index is -1.20. The number of rotatable bonds is 6. The lowest BCUT2D eigenvalue weighted by Gasteiger charge is -2.22. The van der Waals surface area contributed by atoms with Crippen LogP contribution >= 0.6 is 11.6 Å². The average Bonchev–Trinajstić information content (AvgIpc) is 2.88. The smallest absolute Gasteiger partial charge is 0.323 e. The molecule has 0 bridgehead atoms. The molecule has 2 aromatic carbocycles. The van der Waals surface area contributed by atoms with Crippen LogP contribution in [0.5, 0.6) is 0 Å². The second-order valence-electron chi connectivity index (χ2n) is 6.92. The van der Waals surface area contributed by atoms with Crippen molar-refractivity contribution >= 4 is 35.1 Å². The number of para-hydroxylation sites is 1. The van der Waals surface area contributed by atoms with Crippen LogP contribution in [0.15, 0.2) is 48.5 Å². The third-order valence-electron chi connectivity index (χ3n) is 4.79. The number of imide groups is 1. The van der Waals surface area contributed by atoms with E-state index in [-0.39, 0.29) is 6.54 Å². The van der Waals surface area contributed by atoms with Gasteiger partial charge in [-0.1, -0.05) is 61.3 Å². The number of aryl methyl sites for hydroxylation is 1. The van der Waals surface area contributed by atoms with Gasteiger partial charge in [-0.3, -0.25) is 14.5 Å². The van der Waals surface area contributed by atoms with Crippen molar-refractivity contribution in [1.82, 2.24) is 10.2 Å². The first-order valence-electron chi connectivity index (χ1n) is 9.13. The molecule has 1 saturated heterocycles. The van der Waals surface area contributed by atoms with E-state index in [1.165, 1.54) is 5.56 Å². The van der Waals surface area contributed by atoms with E-state index in [9.17, 15) is 14.4 Å². The maximum Gasteiger partial charge on any atom is 0.325 e. The number of nitrogens with zero attached hydrogens (tertiary/aromatic N) is 1. The first kappa shape index (κ1) is 19.9. The van der Waals surface area contributed by atoms with Gasteiger partial charge in [0.05, 0.1) is 10.7 Å². The molecular weight excluding hydrogens is 378 g/mol. The largest absolute Gasteiger partial charge is 0.325 e. The molecule has 1 heterocycles. The molecule has 28 heavy (non-hydrogen) atoms. The van der Waals surface area contributed by atoms with Crippen molar-refractivity contribution in [1.29, 1.82) is 0 Å². The van der Waals surface area contributed by atoms with E-state index in [1.54, 1.807) is 31.2 Å². The van der Waals surface area contributed by atoms with Crippen LogP contribution in [0.4, 0.5) is 10.5 Å². The molecular formula is C21H22ClN3O3. The van der Waals surface area contributed by atoms with Crippen molar-refractivity contribution in [2.45, 2.75) is 32.2 Å². The Labute approximate surface area is 168 Å². The number of benzene rings is 2. The van der Waals surface area contributed by atoms with Gasteiger partial charge < -0.3 is 10.6 Å². The number of halogens is 1. The van der Waals surface area contributed by atoms with E-state index in [0.29, 0.717) is 16.3 Å². The van der Waals surface area contributed by atoms with Gasteiger partial charge in [0.15, 0.2) is 0 Å². The van der Waals surface area contributed by atoms with Gasteiger partial charge in [0.1, 0.15) is 12.1 Å². The van der Waals surface area contributed by atoms with E-state index in [1.807, 2.05) is 24.3 Å². The maximum atomic E-state index is 12.9. The lowest BCUT2D eigenvalue weighted by Crippen LogP contribution is -2.42. The topological polar surface area (TPSA) is 78.5 Å². The predicted octanol–water partition coefficient (Wildman–Crippen LogP) is 3.70. The van der Waals surface area contributed by atoms with E-state index in [0.717, 1.165) is 17.7 Å². The summed E-state index contributed by atoms with van der Waals surface area (Å²) >= 11 is 6.03. The van der Waals surface area contributed by atoms with Crippen LogP contribution in [-0.4, -0.2) is 29.3 Å². The van der Waals surface area contributed by atoms with Crippen molar-refractivity contribution in [2.24, 2.45) is 0 Å². The van der Waals surface area contributed by atoms with Gasteiger partial charge in [-0.25, -0.2) is 4.79 Å². The lowest BCUT2D eigenvalue weighted by atomic mass is 9.91. The summed E-state index contributed by atoms with van der Waals surface area (Å²) in [5.74, 6) is -0.964. The van der Waals surface area contributed by atoms with Crippen molar-refractivity contribution in [2.75, 3.05) is 11.9 Å². The summed E-state index contributed by atoms with van der Waals surface area (Å²) in [7, 11) is 0. The second-order valence-corrected chi connectivity index (χ2v) is 7.33. The maximum absolute atomic E-state index is 12.9. The zero-order chi connectivity index (χ0) is 20.3. The summed E-state index contributed by atoms with van der Waals surface area (Å²) in [5.41, 5.74) is 1.07. The molecule has 2 aromatic rings. The number of hydrogen-bond acceptors (Lipinski definition) is 3. The molecule has 1 atom stereocenters. The first-order valence-corrected chi connectivity index (χ1v) is 9.51. The Morgan fingerprint density at radius 3 is 2.46 bits per heavy atom. The molecule has 6 nitrogen and oxygen atoms in total. The van der Waals surface area contributed by atoms with Crippen LogP contribution in [0.3, 0.4) is 0 Å². The minimum absolute atomic E-state index is 0.380. The SMILES string of the molecule is CCCc1ccc(C2(C)NC(=O)N(CC(=O)Nc3ccccc3Cl)C2=O)cc1. The van der Waals surface area contributed by atoms with Gasteiger partial charge in [-0.15, -0.1) is 0 Å². The molecule has 2 N–H and O–H groups in total. The van der Waals surface area contributed by atoms with Crippen LogP contribution in [0.1, 0.15) is 31.4 Å². The van der Waals surface area contributed by atoms with Crippen molar-refractivity contribution in [3.8, 4) is 0 Å². The van der Waals surface area contributed by atoms with E-state index >= 15 is 0 Å². The average molecular weight is 400 g/mol. The van der Waals surface area contributed by atoms with E-state index in [4.69, 9.17) is 11.6 Å². The van der Waals surface area contributed by atoms with Gasteiger partial charge in [-0.2, -0.15) is 0 Å². The number of carbonyl (C=O) groups is 3. The van der Waals surface area contributed by atoms with Crippen molar-refractivity contribution in [3.63, 3.8) is 0 Å². The summed E-state index contributed by atoms with van der Waals surface area (Å²) in [4.78, 5) is 38.6. The zero-order valence-electron chi connectivity index (χ0n) is 15.8. The molecule has 0 radical (unpaired) electrons. The fourth-order valence-corrected chi connectivity index (χ4v) is 3.41. The number of anilines is 1. The Bertz CT molecular complexity index is 913. The normalized spacial score (nSPS) is 18.9. The quantitative estimate of drug-likeness (QED) is 0.727. The number of nitrogens with one attached hydrogen (secondary N) is 2. The highest BCUT2D eigenvalue weighted by atomic mass is 35.5. The fraction of sp³-hybridized carbons (Fsp3) is 0.286. The van der Waals surface area contributed by atoms with Gasteiger partial charge in [0.2, 0.25) is 5.91 Å². The van der Waals surface area contributed by atoms with Gasteiger partial charge in [-0.05, 0) is 36.6 Å². The Hall–Kier alpha value is -2.86. The molecule has 7 heteroatoms. The van der Waals surface area contributed by atoms with E-state index < -0.39 is 23.4 Å². The first-order chi connectivity index (χ1) is 13.3. The highest BCUT2D eigenvalue weighted by Crippen LogP contribution is 2.29. The molecule has 3 rings (SSSR count).